The average Bonchev–Trinajstić information content (AvgIpc) is 2.25. The zero-order valence-electron chi connectivity index (χ0n) is 8.87. The first-order chi connectivity index (χ1) is 7.11. The molecule has 0 bridgehead atoms. The Labute approximate surface area is 93.6 Å². The number of nitriles is 1. The van der Waals surface area contributed by atoms with Crippen LogP contribution in [0.4, 0.5) is 0 Å². The molecule has 2 amide bonds. The number of nitrogens with one attached hydrogen (secondary N) is 2. The number of amides is 2. The Morgan fingerprint density at radius 2 is 2.00 bits per heavy atom. The molecular weight excluding hydrogens is 214 g/mol. The van der Waals surface area contributed by atoms with Crippen LogP contribution >= 0.6 is 11.8 Å². The third-order valence-corrected chi connectivity index (χ3v) is 2.81. The second-order valence-corrected chi connectivity index (χ2v) is 4.21. The first kappa shape index (κ1) is 13.8. The van der Waals surface area contributed by atoms with Gasteiger partial charge in [-0.3, -0.25) is 9.59 Å². The fraction of sp³-hybridized carbons (Fsp3) is 0.667. The van der Waals surface area contributed by atoms with Crippen LogP contribution in [0.1, 0.15) is 13.3 Å². The van der Waals surface area contributed by atoms with E-state index in [1.807, 2.05) is 13.2 Å². The summed E-state index contributed by atoms with van der Waals surface area (Å²) in [5.41, 5.74) is 0. The van der Waals surface area contributed by atoms with Crippen molar-refractivity contribution < 1.29 is 9.59 Å². The van der Waals surface area contributed by atoms with Crippen LogP contribution in [0, 0.1) is 11.3 Å². The van der Waals surface area contributed by atoms with Crippen LogP contribution in [-0.2, 0) is 9.59 Å². The van der Waals surface area contributed by atoms with Gasteiger partial charge in [-0.2, -0.15) is 17.0 Å². The van der Waals surface area contributed by atoms with Gasteiger partial charge in [0.15, 0.2) is 0 Å². The molecule has 0 saturated heterocycles. The minimum atomic E-state index is -0.756. The summed E-state index contributed by atoms with van der Waals surface area (Å²) in [5.74, 6) is -1.44. The lowest BCUT2D eigenvalue weighted by Crippen LogP contribution is -2.40. The topological polar surface area (TPSA) is 82.0 Å². The Hall–Kier alpha value is -1.22. The number of carbonyl (C=O) groups is 2. The van der Waals surface area contributed by atoms with Crippen molar-refractivity contribution in [3.8, 4) is 6.07 Å². The van der Waals surface area contributed by atoms with Crippen LogP contribution in [0.15, 0.2) is 0 Å². The van der Waals surface area contributed by atoms with Gasteiger partial charge in [0.1, 0.15) is 6.54 Å². The van der Waals surface area contributed by atoms with Crippen LogP contribution in [0.2, 0.25) is 0 Å². The van der Waals surface area contributed by atoms with E-state index in [1.165, 1.54) is 0 Å². The van der Waals surface area contributed by atoms with Crippen molar-refractivity contribution in [2.24, 2.45) is 0 Å². The molecule has 0 radical (unpaired) electrons. The SMILES string of the molecule is CSC(C)CCNC(=O)C(=O)NCC#N. The Morgan fingerprint density at radius 3 is 2.53 bits per heavy atom. The number of hydrogen-bond acceptors (Lipinski definition) is 4. The van der Waals surface area contributed by atoms with Crippen molar-refractivity contribution >= 4 is 23.6 Å². The summed E-state index contributed by atoms with van der Waals surface area (Å²) in [6.07, 6.45) is 2.81. The van der Waals surface area contributed by atoms with E-state index >= 15 is 0 Å². The van der Waals surface area contributed by atoms with E-state index in [0.717, 1.165) is 6.42 Å². The van der Waals surface area contributed by atoms with Gasteiger partial charge in [-0.15, -0.1) is 0 Å². The normalized spacial score (nSPS) is 11.3. The molecule has 0 aromatic heterocycles. The van der Waals surface area contributed by atoms with Gasteiger partial charge in [0, 0.05) is 11.8 Å². The highest BCUT2D eigenvalue weighted by molar-refractivity contribution is 7.99. The van der Waals surface area contributed by atoms with Gasteiger partial charge in [0.2, 0.25) is 0 Å². The third-order valence-electron chi connectivity index (χ3n) is 1.77. The van der Waals surface area contributed by atoms with E-state index in [1.54, 1.807) is 17.8 Å². The second kappa shape index (κ2) is 8.12. The molecule has 1 atom stereocenters. The second-order valence-electron chi connectivity index (χ2n) is 2.93. The fourth-order valence-electron chi connectivity index (χ4n) is 0.787. The van der Waals surface area contributed by atoms with E-state index in [2.05, 4.69) is 10.6 Å². The first-order valence-corrected chi connectivity index (χ1v) is 5.86. The zero-order valence-corrected chi connectivity index (χ0v) is 9.69. The highest BCUT2D eigenvalue weighted by atomic mass is 32.2. The first-order valence-electron chi connectivity index (χ1n) is 4.57. The van der Waals surface area contributed by atoms with Crippen molar-refractivity contribution in [3.63, 3.8) is 0 Å². The van der Waals surface area contributed by atoms with Crippen molar-refractivity contribution in [2.45, 2.75) is 18.6 Å². The standard InChI is InChI=1S/C9H15N3O2S/c1-7(15-2)3-5-11-8(13)9(14)12-6-4-10/h7H,3,5-6H2,1-2H3,(H,11,13)(H,12,14). The summed E-state index contributed by atoms with van der Waals surface area (Å²) < 4.78 is 0. The van der Waals surface area contributed by atoms with E-state index in [0.29, 0.717) is 11.8 Å². The maximum Gasteiger partial charge on any atom is 0.310 e. The summed E-state index contributed by atoms with van der Waals surface area (Å²) in [7, 11) is 0. The van der Waals surface area contributed by atoms with Gasteiger partial charge in [-0.1, -0.05) is 6.92 Å². The molecule has 0 spiro atoms. The predicted octanol–water partition coefficient (Wildman–Crippen LogP) is -0.116. The number of carbonyl (C=O) groups excluding carboxylic acids is 2. The molecule has 5 nitrogen and oxygen atoms in total. The highest BCUT2D eigenvalue weighted by Gasteiger charge is 2.11. The molecule has 0 rings (SSSR count). The van der Waals surface area contributed by atoms with Gasteiger partial charge in [-0.05, 0) is 12.7 Å². The molecule has 0 fully saturated rings. The molecule has 6 heteroatoms. The minimum Gasteiger partial charge on any atom is -0.348 e. The fourth-order valence-corrected chi connectivity index (χ4v) is 1.14. The van der Waals surface area contributed by atoms with Crippen LogP contribution in [0.25, 0.3) is 0 Å². The monoisotopic (exact) mass is 229 g/mol. The molecule has 15 heavy (non-hydrogen) atoms. The molecule has 0 aromatic rings. The molecule has 0 aromatic carbocycles. The van der Waals surface area contributed by atoms with Crippen molar-refractivity contribution in [2.75, 3.05) is 19.3 Å². The van der Waals surface area contributed by atoms with Crippen molar-refractivity contribution in [1.82, 2.24) is 10.6 Å². The maximum atomic E-state index is 11.1. The number of nitrogens with zero attached hydrogens (tertiary/aromatic N) is 1. The summed E-state index contributed by atoms with van der Waals surface area (Å²) in [4.78, 5) is 22.0. The molecule has 0 aliphatic heterocycles. The molecule has 84 valence electrons. The summed E-state index contributed by atoms with van der Waals surface area (Å²) in [6.45, 7) is 2.38. The van der Waals surface area contributed by atoms with Gasteiger partial charge >= 0.3 is 11.8 Å². The smallest absolute Gasteiger partial charge is 0.310 e. The maximum absolute atomic E-state index is 11.1. The minimum absolute atomic E-state index is 0.145. The Balaban J connectivity index is 3.65. The third kappa shape index (κ3) is 6.80. The van der Waals surface area contributed by atoms with Gasteiger partial charge in [-0.25, -0.2) is 0 Å². The highest BCUT2D eigenvalue weighted by Crippen LogP contribution is 2.07. The Kier molecular flexibility index (Phi) is 7.46. The predicted molar refractivity (Wildman–Crippen MR) is 59.2 cm³/mol. The van der Waals surface area contributed by atoms with Crippen molar-refractivity contribution in [1.29, 1.82) is 5.26 Å². The zero-order chi connectivity index (χ0) is 11.7. The average molecular weight is 229 g/mol. The molecule has 2 N–H and O–H groups in total. The summed E-state index contributed by atoms with van der Waals surface area (Å²) >= 11 is 1.70. The number of thioether (sulfide) groups is 1. The Bertz CT molecular complexity index is 263. The van der Waals surface area contributed by atoms with Crippen LogP contribution in [0.5, 0.6) is 0 Å². The lowest BCUT2D eigenvalue weighted by Gasteiger charge is -2.08. The molecule has 0 saturated carbocycles. The lowest BCUT2D eigenvalue weighted by molar-refractivity contribution is -0.139. The molecular formula is C9H15N3O2S. The summed E-state index contributed by atoms with van der Waals surface area (Å²) in [6, 6.07) is 1.72. The number of rotatable bonds is 5. The van der Waals surface area contributed by atoms with Crippen LogP contribution in [0.3, 0.4) is 0 Å². The molecule has 0 aliphatic rings. The molecule has 0 aliphatic carbocycles. The quantitative estimate of drug-likeness (QED) is 0.509. The summed E-state index contributed by atoms with van der Waals surface area (Å²) in [5, 5.41) is 13.3. The largest absolute Gasteiger partial charge is 0.348 e. The number of hydrogen-bond donors (Lipinski definition) is 2. The van der Waals surface area contributed by atoms with E-state index < -0.39 is 11.8 Å². The Morgan fingerprint density at radius 1 is 1.40 bits per heavy atom. The van der Waals surface area contributed by atoms with E-state index in [-0.39, 0.29) is 6.54 Å². The van der Waals surface area contributed by atoms with Gasteiger partial charge in [0.05, 0.1) is 6.07 Å². The van der Waals surface area contributed by atoms with Crippen molar-refractivity contribution in [3.05, 3.63) is 0 Å². The lowest BCUT2D eigenvalue weighted by atomic mass is 10.3. The van der Waals surface area contributed by atoms with E-state index in [9.17, 15) is 9.59 Å². The van der Waals surface area contributed by atoms with Crippen LogP contribution in [-0.4, -0.2) is 36.4 Å². The van der Waals surface area contributed by atoms with Gasteiger partial charge in [0.25, 0.3) is 0 Å². The molecule has 0 heterocycles. The van der Waals surface area contributed by atoms with E-state index in [4.69, 9.17) is 5.26 Å². The molecule has 1 unspecified atom stereocenters. The van der Waals surface area contributed by atoms with Crippen LogP contribution < -0.4 is 10.6 Å². The van der Waals surface area contributed by atoms with Gasteiger partial charge < -0.3 is 10.6 Å².